The number of esters is 5. The molecule has 2 saturated heterocycles. The van der Waals surface area contributed by atoms with E-state index < -0.39 is 264 Å². The molecule has 0 saturated carbocycles. The average Bonchev–Trinajstić information content (AvgIpc) is 1.48. The molecule has 36 heteroatoms. The molecular weight excluding hydrogens is 1360 g/mol. The maximum Gasteiger partial charge on any atom is 0.347 e. The molecule has 7 aromatic carbocycles. The van der Waals surface area contributed by atoms with Crippen LogP contribution in [0, 0.1) is 0 Å². The number of cyclic esters (lactones) is 1. The molecule has 0 radical (unpaired) electrons. The molecule has 2 fully saturated rings. The second-order valence-electron chi connectivity index (χ2n) is 23.2. The van der Waals surface area contributed by atoms with Crippen molar-refractivity contribution in [2.45, 2.75) is 93.5 Å². The van der Waals surface area contributed by atoms with Gasteiger partial charge < -0.3 is 150 Å². The summed E-state index contributed by atoms with van der Waals surface area (Å²) in [6, 6.07) is 9.45. The number of Topliss-reactive ketones (excluding diaryl/α,β-unsaturated/α-hetero) is 1. The summed E-state index contributed by atoms with van der Waals surface area (Å²) in [5, 5.41) is 227. The predicted molar refractivity (Wildman–Crippen MR) is 324 cm³/mol. The van der Waals surface area contributed by atoms with Crippen molar-refractivity contribution in [1.82, 2.24) is 0 Å². The summed E-state index contributed by atoms with van der Waals surface area (Å²) >= 11 is 0. The van der Waals surface area contributed by atoms with Gasteiger partial charge in [0, 0.05) is 47.2 Å². The van der Waals surface area contributed by atoms with Crippen molar-refractivity contribution in [3.05, 3.63) is 106 Å². The number of carbonyl (C=O) groups excluding carboxylic acids is 6. The molecule has 101 heavy (non-hydrogen) atoms. The van der Waals surface area contributed by atoms with Crippen molar-refractivity contribution in [2.75, 3.05) is 13.2 Å². The van der Waals surface area contributed by atoms with Gasteiger partial charge in [-0.3, -0.25) is 4.79 Å². The van der Waals surface area contributed by atoms with Crippen LogP contribution in [0.4, 0.5) is 0 Å². The molecule has 21 N–H and O–H groups in total. The lowest BCUT2D eigenvalue weighted by Crippen LogP contribution is -2.62. The van der Waals surface area contributed by atoms with Crippen LogP contribution >= 0.6 is 0 Å². The van der Waals surface area contributed by atoms with Crippen LogP contribution in [0.2, 0.25) is 0 Å². The Kier molecular flexibility index (Phi) is 18.8. The van der Waals surface area contributed by atoms with E-state index in [9.17, 15) is 136 Å². The van der Waals surface area contributed by atoms with Crippen molar-refractivity contribution in [1.29, 1.82) is 0 Å². The highest BCUT2D eigenvalue weighted by molar-refractivity contribution is 6.10. The Morgan fingerprint density at radius 2 is 0.960 bits per heavy atom. The molecule has 4 aliphatic rings. The van der Waals surface area contributed by atoms with E-state index in [2.05, 4.69) is 0 Å². The largest absolute Gasteiger partial charge is 0.504 e. The van der Waals surface area contributed by atoms with Gasteiger partial charge >= 0.3 is 29.8 Å². The Hall–Kier alpha value is -12.3. The van der Waals surface area contributed by atoms with E-state index in [1.54, 1.807) is 0 Å². The summed E-state index contributed by atoms with van der Waals surface area (Å²) in [6.07, 6.45) is -20.0. The number of hydrogen-bond acceptors (Lipinski definition) is 36. The molecule has 0 spiro atoms. The van der Waals surface area contributed by atoms with Crippen LogP contribution in [-0.2, 0) is 50.8 Å². The lowest BCUT2D eigenvalue weighted by Gasteiger charge is -2.43. The SMILES string of the molecule is O=C(CCc1ccc(O)c(O)c1)C[C@H](CCc1ccc(OC(=O)c2cc(O)c(O)c(O)c2Oc2cc3c(c(O)c2O)-c2c(cc(O)c(O)c2O)C(=O)O[C@H]2[C@@H]4OC(=O)c5cc(O)c(O)c(O)c5-c5c(cc(O)c(O)c5O)C(=O)O[C@H]4C(O)O[C@@H]2COC3=O)c(O)c1)O[C@@H]1OC[C@@H](O)[C@H](O)[C@H]1O. The van der Waals surface area contributed by atoms with Crippen LogP contribution in [0.5, 0.6) is 115 Å². The molecule has 11 rings (SSSR count). The summed E-state index contributed by atoms with van der Waals surface area (Å²) in [4.78, 5) is 85.4. The number of aliphatic hydroxyl groups excluding tert-OH is 4. The first-order valence-electron chi connectivity index (χ1n) is 29.6. The Morgan fingerprint density at radius 1 is 0.465 bits per heavy atom. The maximum absolute atomic E-state index is 14.7. The van der Waals surface area contributed by atoms with E-state index in [0.717, 1.165) is 12.1 Å². The summed E-state index contributed by atoms with van der Waals surface area (Å²) in [7, 11) is 0. The molecule has 4 heterocycles. The minimum atomic E-state index is -2.59. The van der Waals surface area contributed by atoms with E-state index in [4.69, 9.17) is 42.6 Å². The van der Waals surface area contributed by atoms with Crippen molar-refractivity contribution in [3.63, 3.8) is 0 Å². The van der Waals surface area contributed by atoms with Crippen LogP contribution in [0.1, 0.15) is 82.2 Å². The van der Waals surface area contributed by atoms with E-state index in [1.807, 2.05) is 0 Å². The van der Waals surface area contributed by atoms with E-state index in [0.29, 0.717) is 35.9 Å². The standard InChI is InChI=1S/C65H56O36/c66-21(5-1-19-3-7-28(67)29(68)9-19)11-22(95-65-54(86)47(79)35(74)17-94-65)6-2-20-4-8-36(30(69)10-20)97-63(91)27-15-34(73)46(78)53(85)55(27)96-37-16-26-42(52(84)48(37)80)41-23(12-31(70)45(77)51(41)83)60(88)99-56-38(18-93-59(26)87)98-64(92)58-57(56)100-61(89)24-13-32(71)43(75)49(81)39(24)40-25(62(90)101-58)14-33(72)44(76)50(40)82/h3-4,7-10,12-16,22,35,38,47,54,56-58,64-65,67-86,92H,1-2,5-6,11,17-18H2/t22-,35+,38+,47-,54+,56+,57-,58+,64?,65-/m0/s1. The van der Waals surface area contributed by atoms with Gasteiger partial charge in [-0.05, 0) is 72.9 Å². The highest BCUT2D eigenvalue weighted by Crippen LogP contribution is 2.57. The Morgan fingerprint density at radius 3 is 1.52 bits per heavy atom. The molecule has 0 amide bonds. The average molecular weight is 1410 g/mol. The van der Waals surface area contributed by atoms with E-state index in [1.165, 1.54) is 24.3 Å². The number of fused-ring (bicyclic) bond motifs is 9. The lowest BCUT2D eigenvalue weighted by molar-refractivity contribution is -0.284. The molecule has 10 atom stereocenters. The van der Waals surface area contributed by atoms with Gasteiger partial charge in [0.05, 0.1) is 35.0 Å². The minimum Gasteiger partial charge on any atom is -0.504 e. The number of phenolic OH excluding ortho intramolecular Hbond substituents is 17. The molecule has 532 valence electrons. The first-order valence-corrected chi connectivity index (χ1v) is 29.6. The topological polar surface area (TPSA) is 610 Å². The number of aryl methyl sites for hydroxylation is 2. The van der Waals surface area contributed by atoms with Gasteiger partial charge in [-0.15, -0.1) is 0 Å². The van der Waals surface area contributed by atoms with Crippen LogP contribution in [-0.4, -0.2) is 217 Å². The Bertz CT molecular complexity index is 4580. The Labute approximate surface area is 562 Å². The molecule has 36 nitrogen and oxygen atoms in total. The lowest BCUT2D eigenvalue weighted by atomic mass is 9.91. The van der Waals surface area contributed by atoms with E-state index in [-0.39, 0.29) is 49.2 Å². The van der Waals surface area contributed by atoms with Crippen molar-refractivity contribution in [3.8, 4) is 137 Å². The number of aromatic hydroxyl groups is 17. The third-order valence-electron chi connectivity index (χ3n) is 16.7. The van der Waals surface area contributed by atoms with Crippen molar-refractivity contribution in [2.24, 2.45) is 0 Å². The summed E-state index contributed by atoms with van der Waals surface area (Å²) < 4.78 is 50.2. The predicted octanol–water partition coefficient (Wildman–Crippen LogP) is 2.55. The summed E-state index contributed by atoms with van der Waals surface area (Å²) in [5.41, 5.74) is -9.43. The van der Waals surface area contributed by atoms with Gasteiger partial charge in [0.15, 0.2) is 111 Å². The summed E-state index contributed by atoms with van der Waals surface area (Å²) in [6.45, 7) is -1.77. The van der Waals surface area contributed by atoms with Crippen LogP contribution in [0.15, 0.2) is 66.7 Å². The first kappa shape index (κ1) is 70.0. The molecule has 0 aromatic heterocycles. The summed E-state index contributed by atoms with van der Waals surface area (Å²) in [5.74, 6) is -34.0. The fourth-order valence-corrected chi connectivity index (χ4v) is 11.5. The third-order valence-corrected chi connectivity index (χ3v) is 16.7. The zero-order chi connectivity index (χ0) is 73.2. The number of ether oxygens (including phenoxy) is 9. The molecule has 7 aromatic rings. The molecule has 4 aliphatic heterocycles. The molecule has 1 unspecified atom stereocenters. The highest BCUT2D eigenvalue weighted by Gasteiger charge is 2.54. The smallest absolute Gasteiger partial charge is 0.347 e. The zero-order valence-electron chi connectivity index (χ0n) is 51.1. The fraction of sp³-hybridized carbons (Fsp3) is 0.262. The van der Waals surface area contributed by atoms with Crippen LogP contribution in [0.25, 0.3) is 22.3 Å². The molecular formula is C65H56O36. The van der Waals surface area contributed by atoms with Gasteiger partial charge in [-0.2, -0.15) is 0 Å². The monoisotopic (exact) mass is 1410 g/mol. The number of phenols is 17. The van der Waals surface area contributed by atoms with Gasteiger partial charge in [-0.25, -0.2) is 24.0 Å². The number of ketones is 1. The molecule has 0 aliphatic carbocycles. The Balaban J connectivity index is 0.891. The van der Waals surface area contributed by atoms with E-state index >= 15 is 0 Å². The van der Waals surface area contributed by atoms with Crippen molar-refractivity contribution >= 4 is 35.6 Å². The van der Waals surface area contributed by atoms with Gasteiger partial charge in [0.25, 0.3) is 0 Å². The number of rotatable bonds is 14. The fourth-order valence-electron chi connectivity index (χ4n) is 11.5. The quantitative estimate of drug-likeness (QED) is 0.0322. The zero-order valence-corrected chi connectivity index (χ0v) is 51.1. The first-order chi connectivity index (χ1) is 47.7. The maximum atomic E-state index is 14.7. The number of benzene rings is 7. The van der Waals surface area contributed by atoms with Gasteiger partial charge in [0.1, 0.15) is 42.4 Å². The van der Waals surface area contributed by atoms with Crippen molar-refractivity contribution < 1.29 is 179 Å². The van der Waals surface area contributed by atoms with Crippen LogP contribution in [0.3, 0.4) is 0 Å². The molecule has 0 bridgehead atoms. The normalized spacial score (nSPS) is 21.4. The number of carbonyl (C=O) groups is 6. The van der Waals surface area contributed by atoms with Gasteiger partial charge in [-0.1, -0.05) is 12.1 Å². The second-order valence-corrected chi connectivity index (χ2v) is 23.2. The number of hydrogen-bond donors (Lipinski definition) is 21. The third kappa shape index (κ3) is 13.1. The van der Waals surface area contributed by atoms with Crippen LogP contribution < -0.4 is 9.47 Å². The highest BCUT2D eigenvalue weighted by atomic mass is 16.7. The van der Waals surface area contributed by atoms with Gasteiger partial charge in [0.2, 0.25) is 34.5 Å². The minimum absolute atomic E-state index is 0.0359. The second kappa shape index (κ2) is 27.2. The number of aliphatic hydroxyl groups is 4.